The van der Waals surface area contributed by atoms with Gasteiger partial charge in [0, 0.05) is 20.7 Å². The second-order valence-corrected chi connectivity index (χ2v) is 8.22. The highest BCUT2D eigenvalue weighted by atomic mass is 79.9. The molecule has 106 valence electrons. The second kappa shape index (κ2) is 6.86. The summed E-state index contributed by atoms with van der Waals surface area (Å²) in [5.74, 6) is -0.164. The van der Waals surface area contributed by atoms with E-state index in [0.717, 1.165) is 6.42 Å². The van der Waals surface area contributed by atoms with Crippen LogP contribution >= 0.6 is 15.9 Å². The van der Waals surface area contributed by atoms with Crippen LogP contribution in [-0.2, 0) is 19.4 Å². The van der Waals surface area contributed by atoms with Crippen molar-refractivity contribution < 1.29 is 17.9 Å². The minimum atomic E-state index is -3.25. The van der Waals surface area contributed by atoms with Crippen molar-refractivity contribution in [2.24, 2.45) is 0 Å². The molecule has 1 aliphatic heterocycles. The van der Waals surface area contributed by atoms with Gasteiger partial charge in [-0.05, 0) is 12.8 Å². The molecule has 0 radical (unpaired) electrons. The molecule has 1 saturated heterocycles. The van der Waals surface area contributed by atoms with Crippen LogP contribution in [0, 0.1) is 0 Å². The quantitative estimate of drug-likeness (QED) is 0.694. The maximum absolute atomic E-state index is 12.1. The van der Waals surface area contributed by atoms with Gasteiger partial charge in [-0.15, -0.1) is 0 Å². The van der Waals surface area contributed by atoms with Crippen molar-refractivity contribution in [3.05, 3.63) is 0 Å². The highest BCUT2D eigenvalue weighted by Gasteiger charge is 2.36. The Kier molecular flexibility index (Phi) is 6.07. The Morgan fingerprint density at radius 3 is 2.72 bits per heavy atom. The van der Waals surface area contributed by atoms with Crippen LogP contribution in [0.2, 0.25) is 0 Å². The van der Waals surface area contributed by atoms with Crippen LogP contribution in [0.15, 0.2) is 0 Å². The SMILES string of the molecule is COCC(Br)CN(C)C(=O)C1CCCCS1(=O)=O. The van der Waals surface area contributed by atoms with Crippen molar-refractivity contribution in [3.63, 3.8) is 0 Å². The van der Waals surface area contributed by atoms with Crippen LogP contribution in [0.3, 0.4) is 0 Å². The molecule has 1 aliphatic rings. The first-order valence-electron chi connectivity index (χ1n) is 5.98. The van der Waals surface area contributed by atoms with E-state index >= 15 is 0 Å². The number of carbonyl (C=O) groups excluding carboxylic acids is 1. The van der Waals surface area contributed by atoms with E-state index in [1.807, 2.05) is 0 Å². The zero-order chi connectivity index (χ0) is 13.8. The lowest BCUT2D eigenvalue weighted by atomic mass is 10.1. The minimum absolute atomic E-state index is 0.0164. The van der Waals surface area contributed by atoms with E-state index in [-0.39, 0.29) is 16.5 Å². The summed E-state index contributed by atoms with van der Waals surface area (Å²) in [6, 6.07) is 0. The molecular formula is C11H20BrNO4S. The molecule has 0 bridgehead atoms. The number of alkyl halides is 1. The van der Waals surface area contributed by atoms with E-state index in [9.17, 15) is 13.2 Å². The molecule has 2 atom stereocenters. The fourth-order valence-corrected chi connectivity index (χ4v) is 4.70. The average molecular weight is 342 g/mol. The molecule has 0 aromatic carbocycles. The maximum atomic E-state index is 12.1. The van der Waals surface area contributed by atoms with Gasteiger partial charge in [0.2, 0.25) is 5.91 Å². The molecule has 7 heteroatoms. The summed E-state index contributed by atoms with van der Waals surface area (Å²) >= 11 is 3.39. The Hall–Kier alpha value is -0.140. The zero-order valence-electron chi connectivity index (χ0n) is 10.8. The van der Waals surface area contributed by atoms with E-state index in [4.69, 9.17) is 4.74 Å². The number of carbonyl (C=O) groups is 1. The predicted octanol–water partition coefficient (Wildman–Crippen LogP) is 0.822. The van der Waals surface area contributed by atoms with Gasteiger partial charge in [0.05, 0.1) is 17.2 Å². The molecule has 0 aromatic heterocycles. The van der Waals surface area contributed by atoms with E-state index in [0.29, 0.717) is 26.0 Å². The summed E-state index contributed by atoms with van der Waals surface area (Å²) < 4.78 is 28.7. The number of nitrogens with zero attached hydrogens (tertiary/aromatic N) is 1. The Bertz CT molecular complexity index is 385. The van der Waals surface area contributed by atoms with E-state index in [1.54, 1.807) is 14.2 Å². The molecule has 1 fully saturated rings. The molecule has 5 nitrogen and oxygen atoms in total. The van der Waals surface area contributed by atoms with Gasteiger partial charge in [-0.2, -0.15) is 0 Å². The lowest BCUT2D eigenvalue weighted by Crippen LogP contribution is -2.45. The molecule has 1 rings (SSSR count). The lowest BCUT2D eigenvalue weighted by Gasteiger charge is -2.27. The van der Waals surface area contributed by atoms with Crippen molar-refractivity contribution in [1.82, 2.24) is 4.90 Å². The van der Waals surface area contributed by atoms with Crippen LogP contribution < -0.4 is 0 Å². The van der Waals surface area contributed by atoms with Gasteiger partial charge in [-0.1, -0.05) is 22.4 Å². The summed E-state index contributed by atoms with van der Waals surface area (Å²) in [5.41, 5.74) is 0. The summed E-state index contributed by atoms with van der Waals surface area (Å²) in [6.07, 6.45) is 1.92. The summed E-state index contributed by atoms with van der Waals surface area (Å²) in [5, 5.41) is -0.849. The molecule has 0 N–H and O–H groups in total. The summed E-state index contributed by atoms with van der Waals surface area (Å²) in [6.45, 7) is 0.924. The van der Waals surface area contributed by atoms with Crippen molar-refractivity contribution >= 4 is 31.7 Å². The number of hydrogen-bond donors (Lipinski definition) is 0. The number of halogens is 1. The molecular weight excluding hydrogens is 322 g/mol. The number of ether oxygens (including phenoxy) is 1. The van der Waals surface area contributed by atoms with E-state index in [1.165, 1.54) is 4.90 Å². The first kappa shape index (κ1) is 15.9. The molecule has 0 saturated carbocycles. The van der Waals surface area contributed by atoms with Crippen molar-refractivity contribution in [2.45, 2.75) is 29.3 Å². The van der Waals surface area contributed by atoms with Crippen LogP contribution in [-0.4, -0.2) is 62.4 Å². The third-order valence-electron chi connectivity index (χ3n) is 3.05. The van der Waals surface area contributed by atoms with Crippen LogP contribution in [0.4, 0.5) is 0 Å². The molecule has 0 spiro atoms. The molecule has 0 aliphatic carbocycles. The number of sulfone groups is 1. The van der Waals surface area contributed by atoms with Crippen LogP contribution in [0.1, 0.15) is 19.3 Å². The number of methoxy groups -OCH3 is 1. The van der Waals surface area contributed by atoms with Crippen LogP contribution in [0.25, 0.3) is 0 Å². The molecule has 1 amide bonds. The molecule has 2 unspecified atom stereocenters. The first-order chi connectivity index (χ1) is 8.38. The third-order valence-corrected chi connectivity index (χ3v) is 5.77. The highest BCUT2D eigenvalue weighted by molar-refractivity contribution is 9.09. The van der Waals surface area contributed by atoms with Gasteiger partial charge in [-0.25, -0.2) is 8.42 Å². The van der Waals surface area contributed by atoms with Gasteiger partial charge in [0.15, 0.2) is 9.84 Å². The third kappa shape index (κ3) is 4.20. The van der Waals surface area contributed by atoms with Gasteiger partial charge in [0.25, 0.3) is 0 Å². The zero-order valence-corrected chi connectivity index (χ0v) is 13.2. The number of rotatable bonds is 5. The van der Waals surface area contributed by atoms with Crippen LogP contribution in [0.5, 0.6) is 0 Å². The van der Waals surface area contributed by atoms with Gasteiger partial charge in [0.1, 0.15) is 5.25 Å². The Balaban J connectivity index is 2.62. The molecule has 0 aromatic rings. The minimum Gasteiger partial charge on any atom is -0.383 e. The smallest absolute Gasteiger partial charge is 0.240 e. The van der Waals surface area contributed by atoms with Gasteiger partial charge >= 0.3 is 0 Å². The molecule has 18 heavy (non-hydrogen) atoms. The Morgan fingerprint density at radius 2 is 2.17 bits per heavy atom. The normalized spacial score (nSPS) is 24.5. The monoisotopic (exact) mass is 341 g/mol. The number of hydrogen-bond acceptors (Lipinski definition) is 4. The fourth-order valence-electron chi connectivity index (χ4n) is 2.10. The van der Waals surface area contributed by atoms with Gasteiger partial charge < -0.3 is 9.64 Å². The van der Waals surface area contributed by atoms with Crippen molar-refractivity contribution in [3.8, 4) is 0 Å². The van der Waals surface area contributed by atoms with Crippen molar-refractivity contribution in [1.29, 1.82) is 0 Å². The first-order valence-corrected chi connectivity index (χ1v) is 8.61. The second-order valence-electron chi connectivity index (χ2n) is 4.62. The summed E-state index contributed by atoms with van der Waals surface area (Å²) in [7, 11) is -0.0333. The molecule has 1 heterocycles. The van der Waals surface area contributed by atoms with E-state index < -0.39 is 15.1 Å². The van der Waals surface area contributed by atoms with Gasteiger partial charge in [-0.3, -0.25) is 4.79 Å². The average Bonchev–Trinajstić information content (AvgIpc) is 2.27. The topological polar surface area (TPSA) is 63.7 Å². The fraction of sp³-hybridized carbons (Fsp3) is 0.909. The van der Waals surface area contributed by atoms with E-state index in [2.05, 4.69) is 15.9 Å². The Morgan fingerprint density at radius 1 is 1.50 bits per heavy atom. The predicted molar refractivity (Wildman–Crippen MR) is 73.7 cm³/mol. The van der Waals surface area contributed by atoms with Crippen molar-refractivity contribution in [2.75, 3.05) is 33.1 Å². The Labute approximate surface area is 117 Å². The standard InChI is InChI=1S/C11H20BrNO4S/c1-13(7-9(12)8-17-2)11(14)10-5-3-4-6-18(10,15)16/h9-10H,3-8H2,1-2H3. The largest absolute Gasteiger partial charge is 0.383 e. The number of amides is 1. The highest BCUT2D eigenvalue weighted by Crippen LogP contribution is 2.21. The maximum Gasteiger partial charge on any atom is 0.240 e. The lowest BCUT2D eigenvalue weighted by molar-refractivity contribution is -0.129. The summed E-state index contributed by atoms with van der Waals surface area (Å²) in [4.78, 5) is 13.6.